The van der Waals surface area contributed by atoms with Gasteiger partial charge in [-0.3, -0.25) is 9.78 Å². The average molecular weight is 402 g/mol. The van der Waals surface area contributed by atoms with Crippen molar-refractivity contribution in [2.75, 3.05) is 6.54 Å². The molecule has 0 spiro atoms. The second-order valence-electron chi connectivity index (χ2n) is 7.58. The van der Waals surface area contributed by atoms with Crippen LogP contribution in [0.25, 0.3) is 0 Å². The number of hydrogen-bond donors (Lipinski definition) is 3. The van der Waals surface area contributed by atoms with E-state index in [1.807, 2.05) is 18.2 Å². The lowest BCUT2D eigenvalue weighted by Crippen LogP contribution is -2.34. The number of carbonyl (C=O) groups excluding carboxylic acids is 1. The van der Waals surface area contributed by atoms with Crippen LogP contribution in [0, 0.1) is 5.92 Å². The van der Waals surface area contributed by atoms with E-state index in [0.717, 1.165) is 35.3 Å². The Morgan fingerprint density at radius 2 is 1.96 bits per heavy atom. The molecule has 0 bridgehead atoms. The molecule has 1 aliphatic rings. The molecule has 1 aromatic carbocycles. The fourth-order valence-corrected chi connectivity index (χ4v) is 3.87. The van der Waals surface area contributed by atoms with Crippen molar-refractivity contribution in [1.29, 1.82) is 0 Å². The van der Waals surface area contributed by atoms with Crippen molar-refractivity contribution in [3.05, 3.63) is 64.5 Å². The number of aromatic nitrogens is 1. The molecule has 0 saturated heterocycles. The van der Waals surface area contributed by atoms with Crippen LogP contribution < -0.4 is 10.6 Å². The number of fused-ring (bicyclic) bond motifs is 1. The molecule has 6 nitrogen and oxygen atoms in total. The van der Waals surface area contributed by atoms with Gasteiger partial charge in [-0.25, -0.2) is 8.42 Å². The maximum absolute atomic E-state index is 12.5. The minimum Gasteiger partial charge on any atom is -0.348 e. The second-order valence-corrected chi connectivity index (χ2v) is 8.93. The molecular formula is C21H27N3O3S. The molecule has 0 aliphatic carbocycles. The van der Waals surface area contributed by atoms with Crippen LogP contribution in [-0.4, -0.2) is 25.9 Å². The van der Waals surface area contributed by atoms with Crippen LogP contribution >= 0.6 is 0 Å². The van der Waals surface area contributed by atoms with Gasteiger partial charge in [0.15, 0.2) is 0 Å². The standard InChI is InChI=1S/C21H27N3O3S/c1-13(2)19-20-17(8-9-22-19)10-18(12-23-20)21(25)24-11-15-4-6-16(7-5-15)14(3)28(26)27/h4-7,10,12-14,19,22,28H,8-9,11H2,1-3H3,(H,24,25)/t14?,19-/m0/s1. The Hall–Kier alpha value is -2.25. The Labute approximate surface area is 167 Å². The fraction of sp³-hybridized carbons (Fsp3) is 0.429. The van der Waals surface area contributed by atoms with Crippen molar-refractivity contribution in [3.8, 4) is 0 Å². The molecule has 2 atom stereocenters. The van der Waals surface area contributed by atoms with Gasteiger partial charge in [0, 0.05) is 12.7 Å². The fourth-order valence-electron chi connectivity index (χ4n) is 3.46. The maximum Gasteiger partial charge on any atom is 0.253 e. The summed E-state index contributed by atoms with van der Waals surface area (Å²) in [5.41, 5.74) is 4.41. The van der Waals surface area contributed by atoms with Gasteiger partial charge >= 0.3 is 0 Å². The highest BCUT2D eigenvalue weighted by Crippen LogP contribution is 2.27. The lowest BCUT2D eigenvalue weighted by molar-refractivity contribution is 0.0950. The first kappa shape index (κ1) is 20.5. The summed E-state index contributed by atoms with van der Waals surface area (Å²) in [5.74, 6) is 0.284. The van der Waals surface area contributed by atoms with Gasteiger partial charge in [-0.2, -0.15) is 0 Å². The third-order valence-electron chi connectivity index (χ3n) is 5.21. The molecule has 1 amide bonds. The third-order valence-corrected chi connectivity index (χ3v) is 6.15. The largest absolute Gasteiger partial charge is 0.348 e. The van der Waals surface area contributed by atoms with Crippen LogP contribution in [0.4, 0.5) is 0 Å². The average Bonchev–Trinajstić information content (AvgIpc) is 2.70. The Morgan fingerprint density at radius 1 is 1.25 bits per heavy atom. The quantitative estimate of drug-likeness (QED) is 0.648. The van der Waals surface area contributed by atoms with Crippen molar-refractivity contribution >= 4 is 16.6 Å². The Bertz CT molecular complexity index is 915. The highest BCUT2D eigenvalue weighted by atomic mass is 32.2. The number of pyridine rings is 1. The first-order valence-corrected chi connectivity index (χ1v) is 10.8. The van der Waals surface area contributed by atoms with E-state index in [9.17, 15) is 13.2 Å². The number of nitrogens with one attached hydrogen (secondary N) is 2. The molecule has 150 valence electrons. The van der Waals surface area contributed by atoms with E-state index in [1.54, 1.807) is 25.3 Å². The number of thiol groups is 1. The van der Waals surface area contributed by atoms with Crippen LogP contribution in [0.2, 0.25) is 0 Å². The lowest BCUT2D eigenvalue weighted by Gasteiger charge is -2.29. The zero-order chi connectivity index (χ0) is 20.3. The monoisotopic (exact) mass is 401 g/mol. The first-order chi connectivity index (χ1) is 13.4. The first-order valence-electron chi connectivity index (χ1n) is 9.59. The van der Waals surface area contributed by atoms with Gasteiger partial charge in [-0.15, -0.1) is 0 Å². The summed E-state index contributed by atoms with van der Waals surface area (Å²) in [6, 6.07) is 9.44. The maximum atomic E-state index is 12.5. The number of carbonyl (C=O) groups is 1. The molecular weight excluding hydrogens is 374 g/mol. The van der Waals surface area contributed by atoms with Crippen LogP contribution in [0.15, 0.2) is 36.5 Å². The summed E-state index contributed by atoms with van der Waals surface area (Å²) in [7, 11) is -2.49. The minimum atomic E-state index is -2.49. The van der Waals surface area contributed by atoms with Gasteiger partial charge in [-0.1, -0.05) is 38.1 Å². The molecule has 2 aromatic rings. The van der Waals surface area contributed by atoms with E-state index in [1.165, 1.54) is 0 Å². The van der Waals surface area contributed by atoms with Crippen LogP contribution in [0.5, 0.6) is 0 Å². The summed E-state index contributed by atoms with van der Waals surface area (Å²) in [5, 5.41) is 5.89. The number of benzene rings is 1. The summed E-state index contributed by atoms with van der Waals surface area (Å²) in [6.07, 6.45) is 2.51. The van der Waals surface area contributed by atoms with Gasteiger partial charge in [-0.05, 0) is 48.6 Å². The predicted octanol–water partition coefficient (Wildman–Crippen LogP) is 2.53. The van der Waals surface area contributed by atoms with Crippen molar-refractivity contribution < 1.29 is 13.2 Å². The van der Waals surface area contributed by atoms with Gasteiger partial charge in [0.2, 0.25) is 0 Å². The molecule has 2 N–H and O–H groups in total. The van der Waals surface area contributed by atoms with Gasteiger partial charge in [0.25, 0.3) is 5.91 Å². The summed E-state index contributed by atoms with van der Waals surface area (Å²) in [4.78, 5) is 17.1. The van der Waals surface area contributed by atoms with E-state index in [-0.39, 0.29) is 11.9 Å². The molecule has 0 radical (unpaired) electrons. The van der Waals surface area contributed by atoms with Crippen LogP contribution in [0.3, 0.4) is 0 Å². The van der Waals surface area contributed by atoms with Crippen LogP contribution in [-0.2, 0) is 23.7 Å². The molecule has 1 unspecified atom stereocenters. The van der Waals surface area contributed by atoms with Crippen molar-refractivity contribution in [3.63, 3.8) is 0 Å². The van der Waals surface area contributed by atoms with E-state index in [4.69, 9.17) is 0 Å². The molecule has 0 saturated carbocycles. The normalized spacial score (nSPS) is 17.4. The van der Waals surface area contributed by atoms with E-state index >= 15 is 0 Å². The molecule has 3 rings (SSSR count). The minimum absolute atomic E-state index is 0.157. The molecule has 0 fully saturated rings. The number of rotatable bonds is 6. The molecule has 28 heavy (non-hydrogen) atoms. The van der Waals surface area contributed by atoms with Gasteiger partial charge in [0.05, 0.1) is 22.5 Å². The van der Waals surface area contributed by atoms with E-state index < -0.39 is 16.0 Å². The van der Waals surface area contributed by atoms with Crippen LogP contribution in [0.1, 0.15) is 64.8 Å². The van der Waals surface area contributed by atoms with E-state index in [2.05, 4.69) is 29.5 Å². The van der Waals surface area contributed by atoms with Crippen molar-refractivity contribution in [2.45, 2.75) is 45.0 Å². The zero-order valence-electron chi connectivity index (χ0n) is 16.4. The Morgan fingerprint density at radius 3 is 2.61 bits per heavy atom. The smallest absolute Gasteiger partial charge is 0.253 e. The SMILES string of the molecule is CC(C)[C@@H]1NCCc2cc(C(=O)NCc3ccc(C(C)[SH](=O)=O)cc3)cnc21. The highest BCUT2D eigenvalue weighted by Gasteiger charge is 2.24. The lowest BCUT2D eigenvalue weighted by atomic mass is 9.91. The number of amides is 1. The van der Waals surface area contributed by atoms with Crippen molar-refractivity contribution in [2.24, 2.45) is 5.92 Å². The molecule has 1 aromatic heterocycles. The van der Waals surface area contributed by atoms with Crippen molar-refractivity contribution in [1.82, 2.24) is 15.6 Å². The topological polar surface area (TPSA) is 88.2 Å². The highest BCUT2D eigenvalue weighted by molar-refractivity contribution is 7.72. The summed E-state index contributed by atoms with van der Waals surface area (Å²) >= 11 is 0. The van der Waals surface area contributed by atoms with Gasteiger partial charge in [0.1, 0.15) is 10.7 Å². The van der Waals surface area contributed by atoms with Gasteiger partial charge < -0.3 is 10.6 Å². The predicted molar refractivity (Wildman–Crippen MR) is 110 cm³/mol. The summed E-state index contributed by atoms with van der Waals surface area (Å²) < 4.78 is 22.2. The number of hydrogen-bond acceptors (Lipinski definition) is 5. The number of nitrogens with zero attached hydrogens (tertiary/aromatic N) is 1. The Balaban J connectivity index is 1.65. The zero-order valence-corrected chi connectivity index (χ0v) is 17.3. The molecule has 2 heterocycles. The third kappa shape index (κ3) is 4.59. The molecule has 7 heteroatoms. The Kier molecular flexibility index (Phi) is 6.46. The van der Waals surface area contributed by atoms with E-state index in [0.29, 0.717) is 18.0 Å². The second kappa shape index (κ2) is 8.84. The summed E-state index contributed by atoms with van der Waals surface area (Å²) in [6.45, 7) is 7.25. The molecule has 1 aliphatic heterocycles.